The molecule has 0 radical (unpaired) electrons. The van der Waals surface area contributed by atoms with Crippen LogP contribution in [0.1, 0.15) is 59.8 Å². The first-order valence-corrected chi connectivity index (χ1v) is 11.8. The number of allylic oxidation sites excluding steroid dienone is 3. The maximum Gasteiger partial charge on any atom is 0.326 e. The monoisotopic (exact) mass is 466 g/mol. The summed E-state index contributed by atoms with van der Waals surface area (Å²) in [4.78, 5) is 24.5. The van der Waals surface area contributed by atoms with E-state index in [1.165, 1.54) is 16.0 Å². The van der Waals surface area contributed by atoms with Crippen LogP contribution in [0.4, 0.5) is 4.79 Å². The fraction of sp³-hybridized carbons (Fsp3) is 0.750. The molecular weight excluding hydrogens is 428 g/mol. The molecule has 0 saturated carbocycles. The Balaban J connectivity index is 1.35. The average Bonchev–Trinajstić information content (AvgIpc) is 3.31. The lowest BCUT2D eigenvalue weighted by molar-refractivity contribution is -0.126. The maximum atomic E-state index is 12.0. The van der Waals surface area contributed by atoms with Crippen LogP contribution in [0.3, 0.4) is 0 Å². The molecule has 3 aliphatic heterocycles. The third kappa shape index (κ3) is 6.86. The molecule has 0 aromatic heterocycles. The van der Waals surface area contributed by atoms with Crippen LogP contribution in [0.5, 0.6) is 0 Å². The van der Waals surface area contributed by atoms with Gasteiger partial charge in [-0.25, -0.2) is 4.79 Å². The molecule has 3 heterocycles. The van der Waals surface area contributed by atoms with Crippen molar-refractivity contribution in [2.24, 2.45) is 0 Å². The van der Waals surface area contributed by atoms with Gasteiger partial charge < -0.3 is 24.4 Å². The number of nitrogens with zero attached hydrogens (tertiary/aromatic N) is 1. The predicted octanol–water partition coefficient (Wildman–Crippen LogP) is 2.02. The second kappa shape index (κ2) is 11.1. The van der Waals surface area contributed by atoms with Gasteiger partial charge >= 0.3 is 6.03 Å². The standard InChI is InChI=1S/C24H38N2O7/c1-15(2)6-5-11-24(4)18(33-24)8-7-16(3)10-13-31-14-17-20(28)21(29)22(32-17)26-12-9-19(27)25-23(26)30/h6,10,17-18,20-22,28-29H,5,7-9,11-14H2,1-4H3,(H,25,27,30)/t17-,18-,20-,21-,22-,24-/m1/s1. The first kappa shape index (κ1) is 25.8. The molecule has 9 heteroatoms. The van der Waals surface area contributed by atoms with E-state index in [0.717, 1.165) is 25.7 Å². The van der Waals surface area contributed by atoms with Crippen LogP contribution in [-0.2, 0) is 19.0 Å². The van der Waals surface area contributed by atoms with E-state index in [9.17, 15) is 19.8 Å². The van der Waals surface area contributed by atoms with Gasteiger partial charge in [0.15, 0.2) is 6.23 Å². The zero-order valence-electron chi connectivity index (χ0n) is 20.1. The zero-order valence-corrected chi connectivity index (χ0v) is 20.1. The third-order valence-electron chi connectivity index (χ3n) is 6.59. The summed E-state index contributed by atoms with van der Waals surface area (Å²) in [6.45, 7) is 9.04. The Morgan fingerprint density at radius 1 is 1.24 bits per heavy atom. The second-order valence-electron chi connectivity index (χ2n) is 9.71. The Morgan fingerprint density at radius 2 is 2.00 bits per heavy atom. The first-order chi connectivity index (χ1) is 15.6. The van der Waals surface area contributed by atoms with Gasteiger partial charge in [-0.15, -0.1) is 0 Å². The van der Waals surface area contributed by atoms with Crippen molar-refractivity contribution in [1.29, 1.82) is 0 Å². The highest BCUT2D eigenvalue weighted by Gasteiger charge is 2.50. The molecule has 3 fully saturated rings. The van der Waals surface area contributed by atoms with E-state index < -0.39 is 30.6 Å². The molecule has 6 atom stereocenters. The van der Waals surface area contributed by atoms with Crippen LogP contribution in [0, 0.1) is 0 Å². The highest BCUT2D eigenvalue weighted by molar-refractivity contribution is 5.96. The number of hydrogen-bond donors (Lipinski definition) is 3. The van der Waals surface area contributed by atoms with Gasteiger partial charge in [-0.1, -0.05) is 23.3 Å². The lowest BCUT2D eigenvalue weighted by Gasteiger charge is -2.32. The number of carbonyl (C=O) groups is 2. The van der Waals surface area contributed by atoms with E-state index in [2.05, 4.69) is 39.1 Å². The van der Waals surface area contributed by atoms with Crippen molar-refractivity contribution in [2.45, 2.75) is 96.0 Å². The first-order valence-electron chi connectivity index (χ1n) is 11.8. The van der Waals surface area contributed by atoms with Crippen LogP contribution >= 0.6 is 0 Å². The van der Waals surface area contributed by atoms with Gasteiger partial charge in [0.25, 0.3) is 0 Å². The molecule has 3 N–H and O–H groups in total. The molecule has 3 amide bonds. The van der Waals surface area contributed by atoms with E-state index in [1.54, 1.807) is 0 Å². The number of rotatable bonds is 11. The van der Waals surface area contributed by atoms with Gasteiger partial charge in [-0.2, -0.15) is 0 Å². The fourth-order valence-electron chi connectivity index (χ4n) is 4.31. The van der Waals surface area contributed by atoms with Gasteiger partial charge in [-0.3, -0.25) is 15.0 Å². The summed E-state index contributed by atoms with van der Waals surface area (Å²) in [5.41, 5.74) is 2.54. The number of imide groups is 1. The molecule has 3 saturated heterocycles. The number of aliphatic hydroxyl groups excluding tert-OH is 2. The molecule has 0 aromatic rings. The molecule has 0 aromatic carbocycles. The van der Waals surface area contributed by atoms with Crippen molar-refractivity contribution >= 4 is 11.9 Å². The smallest absolute Gasteiger partial charge is 0.326 e. The van der Waals surface area contributed by atoms with E-state index in [0.29, 0.717) is 12.7 Å². The Kier molecular flexibility index (Phi) is 8.69. The molecule has 9 nitrogen and oxygen atoms in total. The molecule has 0 bridgehead atoms. The molecule has 33 heavy (non-hydrogen) atoms. The summed E-state index contributed by atoms with van der Waals surface area (Å²) in [5.74, 6) is -0.368. The lowest BCUT2D eigenvalue weighted by atomic mass is 9.96. The van der Waals surface area contributed by atoms with Gasteiger partial charge in [0, 0.05) is 13.0 Å². The third-order valence-corrected chi connectivity index (χ3v) is 6.59. The van der Waals surface area contributed by atoms with Gasteiger partial charge in [-0.05, 0) is 53.4 Å². The topological polar surface area (TPSA) is 121 Å². The van der Waals surface area contributed by atoms with Crippen molar-refractivity contribution in [1.82, 2.24) is 10.2 Å². The van der Waals surface area contributed by atoms with Crippen molar-refractivity contribution in [3.63, 3.8) is 0 Å². The van der Waals surface area contributed by atoms with Crippen LogP contribution in [-0.4, -0.2) is 83.1 Å². The molecule has 3 rings (SSSR count). The minimum atomic E-state index is -1.26. The van der Waals surface area contributed by atoms with Crippen LogP contribution < -0.4 is 5.32 Å². The predicted molar refractivity (Wildman–Crippen MR) is 121 cm³/mol. The number of amides is 3. The summed E-state index contributed by atoms with van der Waals surface area (Å²) < 4.78 is 17.2. The van der Waals surface area contributed by atoms with Crippen LogP contribution in [0.25, 0.3) is 0 Å². The highest BCUT2D eigenvalue weighted by atomic mass is 16.6. The number of carbonyl (C=O) groups excluding carboxylic acids is 2. The summed E-state index contributed by atoms with van der Waals surface area (Å²) in [7, 11) is 0. The number of epoxide rings is 1. The van der Waals surface area contributed by atoms with Gasteiger partial charge in [0.05, 0.1) is 24.9 Å². The number of ether oxygens (including phenoxy) is 3. The Labute approximate surface area is 195 Å². The normalized spacial score (nSPS) is 34.4. The van der Waals surface area contributed by atoms with Crippen molar-refractivity contribution < 1.29 is 34.0 Å². The molecule has 186 valence electrons. The number of aliphatic hydroxyl groups is 2. The van der Waals surface area contributed by atoms with Crippen LogP contribution in [0.15, 0.2) is 23.3 Å². The molecule has 0 unspecified atom stereocenters. The Hall–Kier alpha value is -1.78. The van der Waals surface area contributed by atoms with E-state index in [1.807, 2.05) is 6.08 Å². The Bertz CT molecular complexity index is 779. The number of hydrogen-bond acceptors (Lipinski definition) is 7. The average molecular weight is 467 g/mol. The van der Waals surface area contributed by atoms with E-state index in [4.69, 9.17) is 14.2 Å². The lowest BCUT2D eigenvalue weighted by Crippen LogP contribution is -2.56. The Morgan fingerprint density at radius 3 is 2.70 bits per heavy atom. The molecular formula is C24H38N2O7. The van der Waals surface area contributed by atoms with Crippen molar-refractivity contribution in [3.8, 4) is 0 Å². The second-order valence-corrected chi connectivity index (χ2v) is 9.71. The van der Waals surface area contributed by atoms with Crippen LogP contribution in [0.2, 0.25) is 0 Å². The summed E-state index contributed by atoms with van der Waals surface area (Å²) in [5, 5.41) is 22.8. The van der Waals surface area contributed by atoms with Gasteiger partial charge in [0.2, 0.25) is 5.91 Å². The minimum Gasteiger partial charge on any atom is -0.387 e. The van der Waals surface area contributed by atoms with Crippen molar-refractivity contribution in [2.75, 3.05) is 19.8 Å². The fourth-order valence-corrected chi connectivity index (χ4v) is 4.31. The molecule has 0 spiro atoms. The SMILES string of the molecule is CC(C)=CCC[C@@]1(C)O[C@@H]1CCC(C)=CCOC[C@H]1O[C@@H](N2CCC(=O)NC2=O)[C@H](O)[C@@H]1O. The number of nitrogens with one attached hydrogen (secondary N) is 1. The zero-order chi connectivity index (χ0) is 24.2. The summed E-state index contributed by atoms with van der Waals surface area (Å²) >= 11 is 0. The van der Waals surface area contributed by atoms with Gasteiger partial charge in [0.1, 0.15) is 18.3 Å². The minimum absolute atomic E-state index is 0.00535. The van der Waals surface area contributed by atoms with E-state index in [-0.39, 0.29) is 31.1 Å². The summed E-state index contributed by atoms with van der Waals surface area (Å²) in [6, 6.07) is -0.629. The van der Waals surface area contributed by atoms with Crippen molar-refractivity contribution in [3.05, 3.63) is 23.3 Å². The highest BCUT2D eigenvalue weighted by Crippen LogP contribution is 2.43. The molecule has 0 aliphatic carbocycles. The maximum absolute atomic E-state index is 12.0. The quantitative estimate of drug-likeness (QED) is 0.242. The molecule has 3 aliphatic rings. The summed E-state index contributed by atoms with van der Waals surface area (Å²) in [6.07, 6.45) is 4.46. The number of urea groups is 1. The van der Waals surface area contributed by atoms with E-state index >= 15 is 0 Å². The largest absolute Gasteiger partial charge is 0.387 e.